The second-order valence-electron chi connectivity index (χ2n) is 4.50. The van der Waals surface area contributed by atoms with Gasteiger partial charge in [0, 0.05) is 30.4 Å². The molecule has 1 rings (SSSR count). The summed E-state index contributed by atoms with van der Waals surface area (Å²) in [7, 11) is 0. The summed E-state index contributed by atoms with van der Waals surface area (Å²) in [4.78, 5) is 14.2. The van der Waals surface area contributed by atoms with Crippen LogP contribution in [0.4, 0.5) is 5.69 Å². The zero-order valence-corrected chi connectivity index (χ0v) is 11.9. The second-order valence-corrected chi connectivity index (χ2v) is 4.50. The first-order valence-corrected chi connectivity index (χ1v) is 6.78. The van der Waals surface area contributed by atoms with Crippen LogP contribution in [0.15, 0.2) is 24.3 Å². The van der Waals surface area contributed by atoms with Gasteiger partial charge in [0.15, 0.2) is 0 Å². The molecule has 0 bridgehead atoms. The lowest BCUT2D eigenvalue weighted by Gasteiger charge is -2.21. The van der Waals surface area contributed by atoms with Gasteiger partial charge in [-0.3, -0.25) is 4.79 Å². The van der Waals surface area contributed by atoms with Crippen LogP contribution in [-0.4, -0.2) is 25.0 Å². The van der Waals surface area contributed by atoms with Gasteiger partial charge in [-0.1, -0.05) is 6.92 Å². The van der Waals surface area contributed by atoms with E-state index in [1.807, 2.05) is 31.2 Å². The third kappa shape index (κ3) is 3.76. The molecule has 0 aliphatic carbocycles. The number of nitrogens with one attached hydrogen (secondary N) is 1. The van der Waals surface area contributed by atoms with Crippen LogP contribution < -0.4 is 10.2 Å². The number of amides is 1. The van der Waals surface area contributed by atoms with Crippen molar-refractivity contribution in [1.29, 1.82) is 0 Å². The zero-order valence-electron chi connectivity index (χ0n) is 11.9. The molecule has 0 fully saturated rings. The number of hydrogen-bond acceptors (Lipinski definition) is 2. The molecule has 0 aliphatic rings. The van der Waals surface area contributed by atoms with Gasteiger partial charge in [0.05, 0.1) is 0 Å². The average molecular weight is 248 g/mol. The van der Waals surface area contributed by atoms with Gasteiger partial charge in [0.25, 0.3) is 5.91 Å². The van der Waals surface area contributed by atoms with Crippen LogP contribution in [0.3, 0.4) is 0 Å². The van der Waals surface area contributed by atoms with E-state index in [1.54, 1.807) is 0 Å². The number of hydrogen-bond donors (Lipinski definition) is 1. The summed E-state index contributed by atoms with van der Waals surface area (Å²) in [6.45, 7) is 10.3. The lowest BCUT2D eigenvalue weighted by molar-refractivity contribution is 0.0939. The van der Waals surface area contributed by atoms with Crippen molar-refractivity contribution < 1.29 is 4.79 Å². The van der Waals surface area contributed by atoms with Gasteiger partial charge in [-0.15, -0.1) is 0 Å². The van der Waals surface area contributed by atoms with E-state index in [2.05, 4.69) is 31.0 Å². The van der Waals surface area contributed by atoms with Crippen LogP contribution in [0.1, 0.15) is 44.5 Å². The Morgan fingerprint density at radius 2 is 1.72 bits per heavy atom. The van der Waals surface area contributed by atoms with Crippen molar-refractivity contribution in [3.8, 4) is 0 Å². The normalized spacial score (nSPS) is 12.0. The summed E-state index contributed by atoms with van der Waals surface area (Å²) >= 11 is 0. The highest BCUT2D eigenvalue weighted by Gasteiger charge is 2.09. The van der Waals surface area contributed by atoms with Crippen LogP contribution in [0.25, 0.3) is 0 Å². The smallest absolute Gasteiger partial charge is 0.251 e. The Kier molecular flexibility index (Phi) is 5.69. The average Bonchev–Trinajstić information content (AvgIpc) is 2.40. The minimum Gasteiger partial charge on any atom is -0.372 e. The first kappa shape index (κ1) is 14.6. The highest BCUT2D eigenvalue weighted by molar-refractivity contribution is 5.94. The predicted molar refractivity (Wildman–Crippen MR) is 77.2 cm³/mol. The first-order chi connectivity index (χ1) is 8.62. The van der Waals surface area contributed by atoms with Crippen LogP contribution in [0.5, 0.6) is 0 Å². The van der Waals surface area contributed by atoms with Crippen LogP contribution in [-0.2, 0) is 0 Å². The van der Waals surface area contributed by atoms with E-state index >= 15 is 0 Å². The Bertz CT molecular complexity index is 369. The molecule has 0 aromatic heterocycles. The van der Waals surface area contributed by atoms with E-state index in [4.69, 9.17) is 0 Å². The fourth-order valence-electron chi connectivity index (χ4n) is 1.82. The van der Waals surface area contributed by atoms with Crippen molar-refractivity contribution >= 4 is 11.6 Å². The predicted octanol–water partition coefficient (Wildman–Crippen LogP) is 3.06. The number of nitrogens with zero attached hydrogens (tertiary/aromatic N) is 1. The topological polar surface area (TPSA) is 32.3 Å². The fraction of sp³-hybridized carbons (Fsp3) is 0.533. The van der Waals surface area contributed by atoms with E-state index < -0.39 is 0 Å². The lowest BCUT2D eigenvalue weighted by Crippen LogP contribution is -2.31. The number of benzene rings is 1. The Labute approximate surface area is 110 Å². The molecular formula is C15H24N2O. The summed E-state index contributed by atoms with van der Waals surface area (Å²) in [6.07, 6.45) is 0.948. The molecule has 1 N–H and O–H groups in total. The van der Waals surface area contributed by atoms with Crippen LogP contribution in [0, 0.1) is 0 Å². The molecular weight excluding hydrogens is 224 g/mol. The maximum Gasteiger partial charge on any atom is 0.251 e. The molecule has 0 aliphatic heterocycles. The first-order valence-electron chi connectivity index (χ1n) is 6.78. The second kappa shape index (κ2) is 7.04. The maximum absolute atomic E-state index is 11.9. The van der Waals surface area contributed by atoms with Gasteiger partial charge in [-0.05, 0) is 51.5 Å². The fourth-order valence-corrected chi connectivity index (χ4v) is 1.82. The van der Waals surface area contributed by atoms with Crippen molar-refractivity contribution in [1.82, 2.24) is 5.32 Å². The van der Waals surface area contributed by atoms with E-state index in [1.165, 1.54) is 5.69 Å². The molecule has 18 heavy (non-hydrogen) atoms. The number of carbonyl (C=O) groups excluding carboxylic acids is 1. The molecule has 0 saturated heterocycles. The van der Waals surface area contributed by atoms with Crippen LogP contribution >= 0.6 is 0 Å². The maximum atomic E-state index is 11.9. The molecule has 1 atom stereocenters. The molecule has 0 unspecified atom stereocenters. The molecule has 1 amide bonds. The van der Waals surface area contributed by atoms with Crippen molar-refractivity contribution in [3.05, 3.63) is 29.8 Å². The molecule has 3 heteroatoms. The van der Waals surface area contributed by atoms with Gasteiger partial charge in [-0.25, -0.2) is 0 Å². The number of rotatable bonds is 6. The van der Waals surface area contributed by atoms with Crippen molar-refractivity contribution in [2.45, 2.75) is 40.2 Å². The minimum absolute atomic E-state index is 0.00967. The summed E-state index contributed by atoms with van der Waals surface area (Å²) in [6, 6.07) is 8.04. The summed E-state index contributed by atoms with van der Waals surface area (Å²) in [5.41, 5.74) is 1.89. The van der Waals surface area contributed by atoms with E-state index in [-0.39, 0.29) is 11.9 Å². The molecule has 0 saturated carbocycles. The van der Waals surface area contributed by atoms with Crippen LogP contribution in [0.2, 0.25) is 0 Å². The Balaban J connectivity index is 2.73. The van der Waals surface area contributed by atoms with Crippen molar-refractivity contribution in [2.75, 3.05) is 18.0 Å². The molecule has 1 aromatic carbocycles. The van der Waals surface area contributed by atoms with Gasteiger partial charge in [0.2, 0.25) is 0 Å². The Hall–Kier alpha value is -1.51. The summed E-state index contributed by atoms with van der Waals surface area (Å²) in [5.74, 6) is 0.00967. The molecule has 3 nitrogen and oxygen atoms in total. The summed E-state index contributed by atoms with van der Waals surface area (Å²) in [5, 5.41) is 2.97. The third-order valence-electron chi connectivity index (χ3n) is 3.25. The quantitative estimate of drug-likeness (QED) is 0.839. The molecule has 100 valence electrons. The third-order valence-corrected chi connectivity index (χ3v) is 3.25. The van der Waals surface area contributed by atoms with Gasteiger partial charge in [-0.2, -0.15) is 0 Å². The Morgan fingerprint density at radius 3 is 2.17 bits per heavy atom. The standard InChI is InChI=1S/C15H24N2O/c1-5-12(4)16-15(18)13-8-10-14(11-9-13)17(6-2)7-3/h8-12H,5-7H2,1-4H3,(H,16,18)/t12-/m1/s1. The monoisotopic (exact) mass is 248 g/mol. The number of anilines is 1. The van der Waals surface area contributed by atoms with Crippen molar-refractivity contribution in [3.63, 3.8) is 0 Å². The largest absolute Gasteiger partial charge is 0.372 e. The van der Waals surface area contributed by atoms with E-state index in [0.717, 1.165) is 25.1 Å². The molecule has 0 radical (unpaired) electrons. The summed E-state index contributed by atoms with van der Waals surface area (Å²) < 4.78 is 0. The number of carbonyl (C=O) groups is 1. The lowest BCUT2D eigenvalue weighted by atomic mass is 10.1. The Morgan fingerprint density at radius 1 is 1.17 bits per heavy atom. The molecule has 1 aromatic rings. The molecule has 0 heterocycles. The highest BCUT2D eigenvalue weighted by atomic mass is 16.1. The highest BCUT2D eigenvalue weighted by Crippen LogP contribution is 2.14. The van der Waals surface area contributed by atoms with Gasteiger partial charge in [0.1, 0.15) is 0 Å². The zero-order chi connectivity index (χ0) is 13.5. The molecule has 0 spiro atoms. The van der Waals surface area contributed by atoms with Gasteiger partial charge < -0.3 is 10.2 Å². The SMILES string of the molecule is CC[C@@H](C)NC(=O)c1ccc(N(CC)CC)cc1. The van der Waals surface area contributed by atoms with E-state index in [9.17, 15) is 4.79 Å². The van der Waals surface area contributed by atoms with Crippen molar-refractivity contribution in [2.24, 2.45) is 0 Å². The van der Waals surface area contributed by atoms with Gasteiger partial charge >= 0.3 is 0 Å². The van der Waals surface area contributed by atoms with E-state index in [0.29, 0.717) is 0 Å². The minimum atomic E-state index is 0.00967.